The fraction of sp³-hybridized carbons (Fsp3) is 0.217. The summed E-state index contributed by atoms with van der Waals surface area (Å²) in [6, 6.07) is 14.8. The largest absolute Gasteiger partial charge is 0.309 e. The van der Waals surface area contributed by atoms with E-state index >= 15 is 0 Å². The summed E-state index contributed by atoms with van der Waals surface area (Å²) in [6.07, 6.45) is 0. The van der Waals surface area contributed by atoms with Gasteiger partial charge in [0.05, 0.1) is 21.9 Å². The highest BCUT2D eigenvalue weighted by atomic mass is 16.6. The number of aromatic nitrogens is 2. The van der Waals surface area contributed by atoms with Crippen LogP contribution in [0.4, 0.5) is 11.5 Å². The Morgan fingerprint density at radius 1 is 1.06 bits per heavy atom. The number of carbonyl (C=O) groups excluding carboxylic acids is 3. The highest BCUT2D eigenvalue weighted by Gasteiger charge is 2.41. The zero-order valence-corrected chi connectivity index (χ0v) is 18.2. The third kappa shape index (κ3) is 3.98. The first-order valence-electron chi connectivity index (χ1n) is 10.2. The van der Waals surface area contributed by atoms with E-state index in [-0.39, 0.29) is 16.5 Å². The molecule has 4 rings (SSSR count). The van der Waals surface area contributed by atoms with Gasteiger partial charge in [-0.15, -0.1) is 0 Å². The molecule has 0 atom stereocenters. The van der Waals surface area contributed by atoms with Crippen LogP contribution in [0.25, 0.3) is 5.69 Å². The summed E-state index contributed by atoms with van der Waals surface area (Å²) < 4.78 is 1.58. The second-order valence-corrected chi connectivity index (χ2v) is 8.61. The van der Waals surface area contributed by atoms with Crippen LogP contribution in [0.1, 0.15) is 47.2 Å². The molecule has 10 nitrogen and oxygen atoms in total. The summed E-state index contributed by atoms with van der Waals surface area (Å²) in [5.41, 5.74) is 0.306. The van der Waals surface area contributed by atoms with Crippen molar-refractivity contribution in [3.05, 3.63) is 81.5 Å². The van der Waals surface area contributed by atoms with Crippen LogP contribution in [0.15, 0.2) is 54.6 Å². The van der Waals surface area contributed by atoms with Gasteiger partial charge < -0.3 is 5.32 Å². The van der Waals surface area contributed by atoms with Gasteiger partial charge in [-0.3, -0.25) is 29.4 Å². The maximum Gasteiger partial charge on any atom is 0.282 e. The second-order valence-electron chi connectivity index (χ2n) is 8.61. The molecule has 1 aliphatic heterocycles. The number of hydrogen-bond acceptors (Lipinski definition) is 6. The predicted molar refractivity (Wildman–Crippen MR) is 119 cm³/mol. The van der Waals surface area contributed by atoms with Crippen molar-refractivity contribution < 1.29 is 19.3 Å². The van der Waals surface area contributed by atoms with E-state index in [9.17, 15) is 24.5 Å². The molecule has 1 aromatic heterocycles. The molecule has 0 aliphatic carbocycles. The van der Waals surface area contributed by atoms with Gasteiger partial charge >= 0.3 is 0 Å². The van der Waals surface area contributed by atoms with E-state index in [1.54, 1.807) is 10.7 Å². The van der Waals surface area contributed by atoms with Crippen molar-refractivity contribution in [2.24, 2.45) is 0 Å². The van der Waals surface area contributed by atoms with Gasteiger partial charge in [0.1, 0.15) is 17.9 Å². The third-order valence-electron chi connectivity index (χ3n) is 5.22. The number of anilines is 1. The first-order valence-corrected chi connectivity index (χ1v) is 10.2. The maximum atomic E-state index is 12.8. The van der Waals surface area contributed by atoms with E-state index in [1.165, 1.54) is 12.1 Å². The molecule has 3 aromatic rings. The topological polar surface area (TPSA) is 127 Å². The Bertz CT molecular complexity index is 1290. The van der Waals surface area contributed by atoms with Gasteiger partial charge in [-0.1, -0.05) is 45.0 Å². The minimum absolute atomic E-state index is 0.0913. The van der Waals surface area contributed by atoms with Crippen molar-refractivity contribution in [3.63, 3.8) is 0 Å². The number of carbonyl (C=O) groups is 3. The second kappa shape index (κ2) is 7.97. The van der Waals surface area contributed by atoms with Crippen molar-refractivity contribution in [3.8, 4) is 5.69 Å². The van der Waals surface area contributed by atoms with Crippen molar-refractivity contribution in [2.75, 3.05) is 11.9 Å². The first-order chi connectivity index (χ1) is 15.6. The fourth-order valence-corrected chi connectivity index (χ4v) is 3.54. The summed E-state index contributed by atoms with van der Waals surface area (Å²) >= 11 is 0. The Morgan fingerprint density at radius 2 is 1.76 bits per heavy atom. The Morgan fingerprint density at radius 3 is 2.39 bits per heavy atom. The lowest BCUT2D eigenvalue weighted by Crippen LogP contribution is -2.37. The maximum absolute atomic E-state index is 12.8. The summed E-state index contributed by atoms with van der Waals surface area (Å²) in [5.74, 6) is -1.88. The fourth-order valence-electron chi connectivity index (χ4n) is 3.54. The molecule has 33 heavy (non-hydrogen) atoms. The normalized spacial score (nSPS) is 13.2. The highest BCUT2D eigenvalue weighted by molar-refractivity contribution is 6.24. The van der Waals surface area contributed by atoms with E-state index in [1.807, 2.05) is 51.1 Å². The Kier molecular flexibility index (Phi) is 5.28. The van der Waals surface area contributed by atoms with Crippen LogP contribution < -0.4 is 5.32 Å². The third-order valence-corrected chi connectivity index (χ3v) is 5.22. The number of para-hydroxylation sites is 1. The number of nitro benzene ring substituents is 1. The van der Waals surface area contributed by atoms with Crippen molar-refractivity contribution in [1.29, 1.82) is 0 Å². The van der Waals surface area contributed by atoms with Crippen LogP contribution in [0.3, 0.4) is 0 Å². The van der Waals surface area contributed by atoms with Crippen molar-refractivity contribution >= 4 is 29.2 Å². The van der Waals surface area contributed by atoms with Crippen LogP contribution in [0, 0.1) is 10.1 Å². The zero-order valence-electron chi connectivity index (χ0n) is 18.2. The standard InChI is InChI=1S/C23H21N5O5/c1-23(2,3)17-12-18(27(25-17)14-8-5-4-6-9-14)24-19(29)13-26-21(30)15-10-7-11-16(28(32)33)20(15)22(26)31/h4-12H,13H2,1-3H3,(H,24,29). The number of benzene rings is 2. The average Bonchev–Trinajstić information content (AvgIpc) is 3.29. The summed E-state index contributed by atoms with van der Waals surface area (Å²) in [4.78, 5) is 49.5. The lowest BCUT2D eigenvalue weighted by Gasteiger charge is -2.14. The van der Waals surface area contributed by atoms with Crippen LogP contribution in [-0.4, -0.2) is 43.9 Å². The number of fused-ring (bicyclic) bond motifs is 1. The lowest BCUT2D eigenvalue weighted by atomic mass is 9.92. The van der Waals surface area contributed by atoms with Crippen molar-refractivity contribution in [2.45, 2.75) is 26.2 Å². The molecular formula is C23H21N5O5. The molecule has 10 heteroatoms. The zero-order chi connectivity index (χ0) is 23.9. The summed E-state index contributed by atoms with van der Waals surface area (Å²) in [5, 5.41) is 18.6. The number of nitrogens with one attached hydrogen (secondary N) is 1. The number of amides is 3. The minimum atomic E-state index is -0.871. The van der Waals surface area contributed by atoms with E-state index in [2.05, 4.69) is 10.4 Å². The van der Waals surface area contributed by atoms with Gasteiger partial charge in [-0.25, -0.2) is 4.68 Å². The quantitative estimate of drug-likeness (QED) is 0.363. The first kappa shape index (κ1) is 21.9. The van der Waals surface area contributed by atoms with Crippen LogP contribution >= 0.6 is 0 Å². The SMILES string of the molecule is CC(C)(C)c1cc(NC(=O)CN2C(=O)c3cccc([N+](=O)[O-])c3C2=O)n(-c2ccccc2)n1. The van der Waals surface area contributed by atoms with Crippen LogP contribution in [0.5, 0.6) is 0 Å². The molecular weight excluding hydrogens is 426 g/mol. The number of nitrogens with zero attached hydrogens (tertiary/aromatic N) is 4. The molecule has 3 amide bonds. The molecule has 2 heterocycles. The number of imide groups is 1. The molecule has 0 bridgehead atoms. The van der Waals surface area contributed by atoms with Crippen LogP contribution in [-0.2, 0) is 10.2 Å². The van der Waals surface area contributed by atoms with Crippen molar-refractivity contribution in [1.82, 2.24) is 14.7 Å². The summed E-state index contributed by atoms with van der Waals surface area (Å²) in [7, 11) is 0. The number of rotatable bonds is 5. The van der Waals surface area contributed by atoms with Gasteiger partial charge in [0.25, 0.3) is 17.5 Å². The number of hydrogen-bond donors (Lipinski definition) is 1. The Labute approximate surface area is 189 Å². The lowest BCUT2D eigenvalue weighted by molar-refractivity contribution is -0.385. The minimum Gasteiger partial charge on any atom is -0.309 e. The van der Waals surface area contributed by atoms with Gasteiger partial charge in [0, 0.05) is 17.5 Å². The average molecular weight is 447 g/mol. The molecule has 1 aliphatic rings. The van der Waals surface area contributed by atoms with E-state index in [0.29, 0.717) is 10.7 Å². The predicted octanol–water partition coefficient (Wildman–Crippen LogP) is 3.31. The molecule has 0 fully saturated rings. The Balaban J connectivity index is 1.61. The molecule has 0 spiro atoms. The monoisotopic (exact) mass is 447 g/mol. The van der Waals surface area contributed by atoms with Gasteiger partial charge in [0.2, 0.25) is 5.91 Å². The van der Waals surface area contributed by atoms with Gasteiger partial charge in [-0.05, 0) is 18.2 Å². The van der Waals surface area contributed by atoms with Crippen LogP contribution in [0.2, 0.25) is 0 Å². The molecule has 2 aromatic carbocycles. The smallest absolute Gasteiger partial charge is 0.282 e. The molecule has 0 saturated carbocycles. The van der Waals surface area contributed by atoms with Gasteiger partial charge in [-0.2, -0.15) is 5.10 Å². The van der Waals surface area contributed by atoms with E-state index in [4.69, 9.17) is 0 Å². The summed E-state index contributed by atoms with van der Waals surface area (Å²) in [6.45, 7) is 5.38. The highest BCUT2D eigenvalue weighted by Crippen LogP contribution is 2.31. The molecule has 168 valence electrons. The Hall–Kier alpha value is -4.34. The van der Waals surface area contributed by atoms with E-state index < -0.39 is 34.9 Å². The van der Waals surface area contributed by atoms with E-state index in [0.717, 1.165) is 17.4 Å². The molecule has 1 N–H and O–H groups in total. The number of nitro groups is 1. The molecule has 0 saturated heterocycles. The van der Waals surface area contributed by atoms with Gasteiger partial charge in [0.15, 0.2) is 0 Å². The molecule has 0 radical (unpaired) electrons. The molecule has 0 unspecified atom stereocenters.